The van der Waals surface area contributed by atoms with Crippen LogP contribution in [0.15, 0.2) is 47.5 Å². The van der Waals surface area contributed by atoms with Crippen LogP contribution in [0.5, 0.6) is 0 Å². The van der Waals surface area contributed by atoms with Crippen molar-refractivity contribution in [2.75, 3.05) is 20.2 Å². The highest BCUT2D eigenvalue weighted by Gasteiger charge is 2.30. The lowest BCUT2D eigenvalue weighted by molar-refractivity contribution is -0.143. The van der Waals surface area contributed by atoms with Crippen molar-refractivity contribution in [3.05, 3.63) is 74.9 Å². The Morgan fingerprint density at radius 1 is 1.29 bits per heavy atom. The van der Waals surface area contributed by atoms with Gasteiger partial charge in [-0.05, 0) is 29.3 Å². The van der Waals surface area contributed by atoms with Gasteiger partial charge in [-0.3, -0.25) is 14.2 Å². The topological polar surface area (TPSA) is 64.4 Å². The second-order valence-electron chi connectivity index (χ2n) is 6.91. The lowest BCUT2D eigenvalue weighted by Crippen LogP contribution is -2.55. The minimum atomic E-state index is -0.211. The molecule has 6 nitrogen and oxygen atoms in total. The van der Waals surface area contributed by atoms with E-state index in [1.807, 2.05) is 42.5 Å². The third-order valence-electron chi connectivity index (χ3n) is 5.08. The normalized spacial score (nSPS) is 16.2. The fourth-order valence-electron chi connectivity index (χ4n) is 3.32. The summed E-state index contributed by atoms with van der Waals surface area (Å²) in [7, 11) is 1.63. The van der Waals surface area contributed by atoms with E-state index in [1.165, 1.54) is 10.9 Å². The van der Waals surface area contributed by atoms with Crippen molar-refractivity contribution in [1.29, 1.82) is 0 Å². The summed E-state index contributed by atoms with van der Waals surface area (Å²) in [5, 5.41) is 0.659. The van der Waals surface area contributed by atoms with E-state index in [1.54, 1.807) is 12.0 Å². The number of hydrogen-bond acceptors (Lipinski definition) is 4. The van der Waals surface area contributed by atoms with Gasteiger partial charge in [0, 0.05) is 31.6 Å². The predicted molar refractivity (Wildman–Crippen MR) is 108 cm³/mol. The van der Waals surface area contributed by atoms with Crippen LogP contribution in [-0.4, -0.2) is 46.7 Å². The Bertz CT molecular complexity index is 1020. The van der Waals surface area contributed by atoms with Gasteiger partial charge >= 0.3 is 0 Å². The molecule has 0 saturated carbocycles. The highest BCUT2D eigenvalue weighted by Crippen LogP contribution is 2.24. The Labute approximate surface area is 167 Å². The van der Waals surface area contributed by atoms with E-state index in [-0.39, 0.29) is 24.1 Å². The average molecular weight is 398 g/mol. The Morgan fingerprint density at radius 2 is 2.04 bits per heavy atom. The molecule has 7 heteroatoms. The first kappa shape index (κ1) is 18.7. The maximum Gasteiger partial charge on any atom is 0.261 e. The van der Waals surface area contributed by atoms with Crippen LogP contribution in [0.25, 0.3) is 11.6 Å². The molecule has 28 heavy (non-hydrogen) atoms. The van der Waals surface area contributed by atoms with Crippen LogP contribution in [0.2, 0.25) is 5.02 Å². The molecule has 0 N–H and O–H groups in total. The molecule has 1 fully saturated rings. The highest BCUT2D eigenvalue weighted by molar-refractivity contribution is 6.30. The van der Waals surface area contributed by atoms with Crippen LogP contribution in [0, 0.1) is 0 Å². The number of carbonyl (C=O) groups is 1. The molecule has 1 saturated heterocycles. The van der Waals surface area contributed by atoms with Gasteiger partial charge in [0.05, 0.1) is 23.7 Å². The number of benzene rings is 1. The molecule has 1 amide bonds. The van der Waals surface area contributed by atoms with Gasteiger partial charge in [0.1, 0.15) is 6.54 Å². The van der Waals surface area contributed by atoms with Gasteiger partial charge in [-0.2, -0.15) is 0 Å². The van der Waals surface area contributed by atoms with Crippen molar-refractivity contribution in [2.24, 2.45) is 0 Å². The first-order chi connectivity index (χ1) is 13.5. The number of ether oxygens (including phenoxy) is 1. The Kier molecular flexibility index (Phi) is 5.15. The fraction of sp³-hybridized carbons (Fsp3) is 0.286. The van der Waals surface area contributed by atoms with Gasteiger partial charge in [-0.25, -0.2) is 4.98 Å². The van der Waals surface area contributed by atoms with Gasteiger partial charge in [0.15, 0.2) is 0 Å². The van der Waals surface area contributed by atoms with E-state index in [0.717, 1.165) is 11.1 Å². The maximum absolute atomic E-state index is 13.0. The SMILES string of the molecule is COC1CN(C(=O)Cn2cnc3c(c2=O)C=C(c2ccc(Cl)cc2)C=CC3)C1. The fourth-order valence-corrected chi connectivity index (χ4v) is 3.45. The lowest BCUT2D eigenvalue weighted by Gasteiger charge is -2.38. The monoisotopic (exact) mass is 397 g/mol. The van der Waals surface area contributed by atoms with Crippen molar-refractivity contribution >= 4 is 29.2 Å². The Hall–Kier alpha value is -2.70. The van der Waals surface area contributed by atoms with E-state index in [2.05, 4.69) is 4.98 Å². The molecule has 2 aromatic rings. The molecule has 1 aliphatic carbocycles. The summed E-state index contributed by atoms with van der Waals surface area (Å²) in [6.07, 6.45) is 7.91. The summed E-state index contributed by atoms with van der Waals surface area (Å²) in [5.41, 5.74) is 2.88. The first-order valence-corrected chi connectivity index (χ1v) is 9.46. The van der Waals surface area contributed by atoms with Crippen molar-refractivity contribution in [3.8, 4) is 0 Å². The third kappa shape index (κ3) is 3.66. The summed E-state index contributed by atoms with van der Waals surface area (Å²) >= 11 is 5.97. The summed E-state index contributed by atoms with van der Waals surface area (Å²) in [4.78, 5) is 31.5. The summed E-state index contributed by atoms with van der Waals surface area (Å²) in [5.74, 6) is -0.106. The number of hydrogen-bond donors (Lipinski definition) is 0. The standard InChI is InChI=1S/C21H20ClN3O3/c1-28-17-10-24(11-17)20(26)12-25-13-23-19-4-2-3-15(9-18(19)21(25)27)14-5-7-16(22)8-6-14/h2-3,5-9,13,17H,4,10-12H2,1H3. The van der Waals surface area contributed by atoms with Crippen molar-refractivity contribution in [3.63, 3.8) is 0 Å². The molecular weight excluding hydrogens is 378 g/mol. The van der Waals surface area contributed by atoms with Crippen molar-refractivity contribution in [2.45, 2.75) is 19.1 Å². The van der Waals surface area contributed by atoms with Gasteiger partial charge in [0.25, 0.3) is 5.56 Å². The van der Waals surface area contributed by atoms with Crippen LogP contribution >= 0.6 is 11.6 Å². The van der Waals surface area contributed by atoms with E-state index < -0.39 is 0 Å². The van der Waals surface area contributed by atoms with Crippen molar-refractivity contribution < 1.29 is 9.53 Å². The number of likely N-dealkylation sites (tertiary alicyclic amines) is 1. The molecule has 1 aliphatic heterocycles. The van der Waals surface area contributed by atoms with Gasteiger partial charge < -0.3 is 9.64 Å². The zero-order valence-corrected chi connectivity index (χ0v) is 16.2. The molecule has 0 spiro atoms. The van der Waals surface area contributed by atoms with E-state index in [0.29, 0.717) is 35.8 Å². The number of fused-ring (bicyclic) bond motifs is 1. The number of aromatic nitrogens is 2. The van der Waals surface area contributed by atoms with E-state index in [4.69, 9.17) is 16.3 Å². The number of rotatable bonds is 4. The second kappa shape index (κ2) is 7.73. The second-order valence-corrected chi connectivity index (χ2v) is 7.34. The van der Waals surface area contributed by atoms with Gasteiger partial charge in [0.2, 0.25) is 5.91 Å². The van der Waals surface area contributed by atoms with Crippen molar-refractivity contribution in [1.82, 2.24) is 14.5 Å². The van der Waals surface area contributed by atoms with Gasteiger partial charge in [-0.1, -0.05) is 35.9 Å². The van der Waals surface area contributed by atoms with Gasteiger partial charge in [-0.15, -0.1) is 0 Å². The molecule has 144 valence electrons. The number of halogens is 1. The highest BCUT2D eigenvalue weighted by atomic mass is 35.5. The molecule has 1 aromatic heterocycles. The first-order valence-electron chi connectivity index (χ1n) is 9.08. The van der Waals surface area contributed by atoms with Crippen LogP contribution in [-0.2, 0) is 22.5 Å². The molecule has 0 bridgehead atoms. The number of allylic oxidation sites excluding steroid dienone is 3. The minimum Gasteiger partial charge on any atom is -0.378 e. The molecular formula is C21H20ClN3O3. The molecule has 2 heterocycles. The summed E-state index contributed by atoms with van der Waals surface area (Å²) < 4.78 is 6.57. The average Bonchev–Trinajstić information content (AvgIpc) is 2.87. The largest absolute Gasteiger partial charge is 0.378 e. The van der Waals surface area contributed by atoms with E-state index >= 15 is 0 Å². The Morgan fingerprint density at radius 3 is 2.75 bits per heavy atom. The number of amides is 1. The quantitative estimate of drug-likeness (QED) is 0.794. The maximum atomic E-state index is 13.0. The molecule has 2 aliphatic rings. The predicted octanol–water partition coefficient (Wildman–Crippen LogP) is 2.41. The number of nitrogens with zero attached hydrogens (tertiary/aromatic N) is 3. The smallest absolute Gasteiger partial charge is 0.261 e. The molecule has 0 radical (unpaired) electrons. The third-order valence-corrected chi connectivity index (χ3v) is 5.33. The molecule has 0 unspecified atom stereocenters. The summed E-state index contributed by atoms with van der Waals surface area (Å²) in [6.45, 7) is 1.10. The summed E-state index contributed by atoms with van der Waals surface area (Å²) in [6, 6.07) is 7.46. The molecule has 0 atom stereocenters. The zero-order chi connectivity index (χ0) is 19.7. The molecule has 4 rings (SSSR count). The lowest BCUT2D eigenvalue weighted by atomic mass is 10.0. The Balaban J connectivity index is 1.62. The van der Waals surface area contributed by atoms with Crippen LogP contribution in [0.3, 0.4) is 0 Å². The zero-order valence-electron chi connectivity index (χ0n) is 15.5. The van der Waals surface area contributed by atoms with Crippen LogP contribution in [0.1, 0.15) is 16.8 Å². The minimum absolute atomic E-state index is 0.0207. The molecule has 1 aromatic carbocycles. The number of carbonyl (C=O) groups excluding carboxylic acids is 1. The number of methoxy groups -OCH3 is 1. The van der Waals surface area contributed by atoms with Crippen LogP contribution < -0.4 is 5.56 Å². The van der Waals surface area contributed by atoms with Crippen LogP contribution in [0.4, 0.5) is 0 Å². The van der Waals surface area contributed by atoms with E-state index in [9.17, 15) is 9.59 Å².